The van der Waals surface area contributed by atoms with Crippen molar-refractivity contribution in [3.63, 3.8) is 0 Å². The van der Waals surface area contributed by atoms with E-state index in [1.165, 1.54) is 96.3 Å². The van der Waals surface area contributed by atoms with E-state index in [2.05, 4.69) is 55.6 Å². The number of aliphatic hydroxyl groups excluding tert-OH is 1. The lowest BCUT2D eigenvalue weighted by Gasteiger charge is -2.25. The Balaban J connectivity index is 2.38. The summed E-state index contributed by atoms with van der Waals surface area (Å²) in [5.74, 6) is -0.237. The molecule has 1 saturated heterocycles. The van der Waals surface area contributed by atoms with Crippen molar-refractivity contribution in [2.75, 3.05) is 40.9 Å². The number of ether oxygens (including phenoxy) is 1. The number of likely N-dealkylation sites (N-methyl/N-ethyl adjacent to an activating group) is 1. The van der Waals surface area contributed by atoms with E-state index in [4.69, 9.17) is 13.8 Å². The topological polar surface area (TPSA) is 118 Å². The number of carbonyl (C=O) groups is 1. The number of hydrogen-bond donors (Lipinski definition) is 3. The van der Waals surface area contributed by atoms with Crippen LogP contribution in [0.25, 0.3) is 0 Å². The number of phosphoric ester groups is 1. The molecule has 3 unspecified atom stereocenters. The molecule has 55 heavy (non-hydrogen) atoms. The van der Waals surface area contributed by atoms with E-state index in [1.807, 2.05) is 27.2 Å². The van der Waals surface area contributed by atoms with Crippen molar-refractivity contribution in [3.05, 3.63) is 48.6 Å². The van der Waals surface area contributed by atoms with Crippen LogP contribution in [0.3, 0.4) is 0 Å². The van der Waals surface area contributed by atoms with Gasteiger partial charge < -0.3 is 24.5 Å². The van der Waals surface area contributed by atoms with Crippen LogP contribution in [0.1, 0.15) is 168 Å². The number of nitrogens with one attached hydrogen (secondary N) is 1. The van der Waals surface area contributed by atoms with E-state index in [9.17, 15) is 19.4 Å². The maximum atomic E-state index is 12.9. The number of quaternary nitrogens is 1. The van der Waals surface area contributed by atoms with Crippen molar-refractivity contribution in [1.29, 1.82) is 0 Å². The van der Waals surface area contributed by atoms with E-state index in [-0.39, 0.29) is 25.5 Å². The minimum Gasteiger partial charge on any atom is -0.387 e. The first kappa shape index (κ1) is 51.4. The fourth-order valence-corrected chi connectivity index (χ4v) is 6.99. The number of aliphatic hydroxyl groups is 1. The van der Waals surface area contributed by atoms with Crippen molar-refractivity contribution in [1.82, 2.24) is 5.32 Å². The van der Waals surface area contributed by atoms with Crippen molar-refractivity contribution in [2.45, 2.75) is 192 Å². The zero-order valence-electron chi connectivity index (χ0n) is 35.9. The monoisotopic (exact) mass is 796 g/mol. The molecule has 0 aromatic rings. The highest BCUT2D eigenvalue weighted by Gasteiger charge is 2.36. The minimum atomic E-state index is -4.36. The van der Waals surface area contributed by atoms with Gasteiger partial charge in [-0.2, -0.15) is 0 Å². The van der Waals surface area contributed by atoms with Gasteiger partial charge in [0.2, 0.25) is 5.91 Å². The third-order valence-electron chi connectivity index (χ3n) is 9.95. The van der Waals surface area contributed by atoms with Gasteiger partial charge in [-0.3, -0.25) is 13.8 Å². The Morgan fingerprint density at radius 2 is 1.20 bits per heavy atom. The number of epoxide rings is 1. The molecule has 3 N–H and O–H groups in total. The molecule has 1 rings (SSSR count). The smallest absolute Gasteiger partial charge is 0.387 e. The van der Waals surface area contributed by atoms with Gasteiger partial charge in [0.05, 0.1) is 52.1 Å². The van der Waals surface area contributed by atoms with Crippen LogP contribution < -0.4 is 5.32 Å². The normalized spacial score (nSPS) is 18.5. The molecular weight excluding hydrogens is 711 g/mol. The van der Waals surface area contributed by atoms with Gasteiger partial charge in [-0.1, -0.05) is 152 Å². The quantitative estimate of drug-likeness (QED) is 0.0187. The largest absolute Gasteiger partial charge is 0.472 e. The summed E-state index contributed by atoms with van der Waals surface area (Å²) in [5, 5.41) is 13.8. The molecule has 0 aromatic carbocycles. The molecule has 0 spiro atoms. The van der Waals surface area contributed by atoms with Crippen molar-refractivity contribution in [2.24, 2.45) is 0 Å². The van der Waals surface area contributed by atoms with Crippen LogP contribution in [0.15, 0.2) is 48.6 Å². The molecule has 1 amide bonds. The van der Waals surface area contributed by atoms with E-state index in [1.54, 1.807) is 6.08 Å². The molecule has 0 radical (unpaired) electrons. The fourth-order valence-electron chi connectivity index (χ4n) is 6.25. The van der Waals surface area contributed by atoms with Crippen LogP contribution in [0, 0.1) is 0 Å². The molecule has 0 bridgehead atoms. The molecule has 5 atom stereocenters. The van der Waals surface area contributed by atoms with Crippen LogP contribution in [-0.4, -0.2) is 85.6 Å². The Morgan fingerprint density at radius 3 is 1.82 bits per heavy atom. The number of carbonyl (C=O) groups excluding carboxylic acids is 1. The average molecular weight is 796 g/mol. The van der Waals surface area contributed by atoms with Gasteiger partial charge in [0.1, 0.15) is 13.2 Å². The van der Waals surface area contributed by atoms with Gasteiger partial charge in [0, 0.05) is 6.42 Å². The predicted octanol–water partition coefficient (Wildman–Crippen LogP) is 11.1. The third-order valence-corrected chi connectivity index (χ3v) is 10.9. The fraction of sp³-hybridized carbons (Fsp3) is 0.800. The predicted molar refractivity (Wildman–Crippen MR) is 230 cm³/mol. The highest BCUT2D eigenvalue weighted by atomic mass is 31.2. The van der Waals surface area contributed by atoms with Crippen molar-refractivity contribution in [3.8, 4) is 0 Å². The van der Waals surface area contributed by atoms with Crippen LogP contribution in [0.5, 0.6) is 0 Å². The Kier molecular flexibility index (Phi) is 31.2. The van der Waals surface area contributed by atoms with Crippen LogP contribution in [0.2, 0.25) is 0 Å². The Hall–Kier alpha value is -1.58. The molecule has 320 valence electrons. The van der Waals surface area contributed by atoms with Gasteiger partial charge in [0.15, 0.2) is 0 Å². The van der Waals surface area contributed by atoms with Crippen LogP contribution >= 0.6 is 7.82 Å². The van der Waals surface area contributed by atoms with Gasteiger partial charge in [-0.25, -0.2) is 4.57 Å². The highest BCUT2D eigenvalue weighted by molar-refractivity contribution is 7.47. The maximum absolute atomic E-state index is 12.9. The molecule has 1 aliphatic heterocycles. The summed E-state index contributed by atoms with van der Waals surface area (Å²) in [7, 11) is 1.52. The summed E-state index contributed by atoms with van der Waals surface area (Å²) in [6, 6.07) is -0.879. The first-order chi connectivity index (χ1) is 26.5. The maximum Gasteiger partial charge on any atom is 0.472 e. The molecule has 1 heterocycles. The van der Waals surface area contributed by atoms with E-state index in [0.717, 1.165) is 44.9 Å². The summed E-state index contributed by atoms with van der Waals surface area (Å²) in [6.07, 6.45) is 43.5. The zero-order valence-corrected chi connectivity index (χ0v) is 36.7. The molecule has 9 nitrogen and oxygen atoms in total. The molecule has 10 heteroatoms. The van der Waals surface area contributed by atoms with Crippen LogP contribution in [0.4, 0.5) is 0 Å². The zero-order chi connectivity index (χ0) is 40.5. The van der Waals surface area contributed by atoms with Crippen molar-refractivity contribution < 1.29 is 37.6 Å². The third kappa shape index (κ3) is 33.1. The number of hydrogen-bond acceptors (Lipinski definition) is 6. The van der Waals surface area contributed by atoms with Gasteiger partial charge in [-0.05, 0) is 57.8 Å². The molecular formula is C45H84N2O7P+. The van der Waals surface area contributed by atoms with Gasteiger partial charge in [0.25, 0.3) is 0 Å². The summed E-state index contributed by atoms with van der Waals surface area (Å²) < 4.78 is 29.3. The summed E-state index contributed by atoms with van der Waals surface area (Å²) in [6.45, 7) is 4.72. The Bertz CT molecular complexity index is 1100. The second-order valence-electron chi connectivity index (χ2n) is 16.5. The lowest BCUT2D eigenvalue weighted by atomic mass is 10.0. The molecule has 0 aliphatic carbocycles. The Labute approximate surface area is 337 Å². The standard InChI is InChI=1S/C45H83N2O7P/c1-6-8-10-12-14-15-16-17-18-19-20-21-23-26-30-34-42(48)41(40-53-55(50,51)52-39-38-47(3,4)5)46-45(49)37-33-29-25-22-24-28-32-36-44-43(54-44)35-31-27-13-11-9-7-2/h22,25,27-28,30-32,34,41-44,48H,6-21,23-24,26,29,33,35-40H2,1-5H3,(H-,46,49,50,51)/p+1/b25-22-,31-27-,32-28-,34-30+/t41-,42+,43?,44?/m0/s1. The number of unbranched alkanes of at least 4 members (excludes halogenated alkanes) is 17. The highest BCUT2D eigenvalue weighted by Crippen LogP contribution is 2.43. The summed E-state index contributed by atoms with van der Waals surface area (Å²) >= 11 is 0. The SMILES string of the molecule is CCCCC/C=C\CC1OC1C/C=C\C/C=C\CCCC(=O)N[C@@H](COP(=O)(O)OCC[N+](C)(C)C)[C@H](O)/C=C/CCCCCCCCCCCCCCC. The minimum absolute atomic E-state index is 0.0473. The van der Waals surface area contributed by atoms with Crippen LogP contribution in [-0.2, 0) is 23.1 Å². The summed E-state index contributed by atoms with van der Waals surface area (Å²) in [4.78, 5) is 23.1. The van der Waals surface area contributed by atoms with E-state index < -0.39 is 20.0 Å². The molecule has 1 aliphatic rings. The summed E-state index contributed by atoms with van der Waals surface area (Å²) in [5.41, 5.74) is 0. The van der Waals surface area contributed by atoms with Gasteiger partial charge >= 0.3 is 7.82 Å². The molecule has 0 saturated carbocycles. The number of phosphoric acid groups is 1. The second-order valence-corrected chi connectivity index (χ2v) is 17.9. The van der Waals surface area contributed by atoms with Crippen molar-refractivity contribution >= 4 is 13.7 Å². The lowest BCUT2D eigenvalue weighted by Crippen LogP contribution is -2.45. The lowest BCUT2D eigenvalue weighted by molar-refractivity contribution is -0.870. The van der Waals surface area contributed by atoms with Gasteiger partial charge in [-0.15, -0.1) is 0 Å². The molecule has 0 aromatic heterocycles. The first-order valence-electron chi connectivity index (χ1n) is 22.1. The number of allylic oxidation sites excluding steroid dienone is 5. The Morgan fingerprint density at radius 1 is 0.709 bits per heavy atom. The van der Waals surface area contributed by atoms with E-state index >= 15 is 0 Å². The average Bonchev–Trinajstić information content (AvgIpc) is 3.89. The number of rotatable bonds is 38. The number of amides is 1. The molecule has 1 fully saturated rings. The second kappa shape index (κ2) is 33.4. The first-order valence-corrected chi connectivity index (χ1v) is 23.6. The van der Waals surface area contributed by atoms with E-state index in [0.29, 0.717) is 29.7 Å². The number of nitrogens with zero attached hydrogens (tertiary/aromatic N) is 1.